The maximum Gasteiger partial charge on any atom is 0.162 e. The third kappa shape index (κ3) is 6.26. The highest BCUT2D eigenvalue weighted by Crippen LogP contribution is 2.40. The molecule has 0 N–H and O–H groups in total. The third-order valence-corrected chi connectivity index (χ3v) is 11.4. The van der Waals surface area contributed by atoms with Crippen molar-refractivity contribution in [3.8, 4) is 72.8 Å². The van der Waals surface area contributed by atoms with Gasteiger partial charge in [0.2, 0.25) is 0 Å². The van der Waals surface area contributed by atoms with Crippen molar-refractivity contribution >= 4 is 32.7 Å². The van der Waals surface area contributed by atoms with Crippen LogP contribution in [0.4, 0.5) is 0 Å². The topological polar surface area (TPSA) is 30.7 Å². The molecule has 11 rings (SSSR count). The van der Waals surface area contributed by atoms with Crippen LogP contribution in [-0.2, 0) is 0 Å². The fraction of sp³-hybridized carbons (Fsp3) is 0. The summed E-state index contributed by atoms with van der Waals surface area (Å²) in [6, 6.07) is 79.9. The van der Waals surface area contributed by atoms with Crippen molar-refractivity contribution in [1.82, 2.24) is 14.5 Å². The van der Waals surface area contributed by atoms with Gasteiger partial charge in [0.25, 0.3) is 0 Å². The fourth-order valence-electron chi connectivity index (χ4n) is 8.57. The van der Waals surface area contributed by atoms with Crippen molar-refractivity contribution in [2.45, 2.75) is 0 Å². The maximum atomic E-state index is 5.40. The standard InChI is InChI=1S/C56H37N3/c1-4-17-38(18-5-1)45-35-46(37-47(36-45)50-31-16-22-39-19-10-11-29-49(39)50)43-25-14-23-41(33-43)42-24-15-26-44(34-42)55-57-54(40-20-6-2-7-21-40)53-51-30-12-13-32-52(51)59(56(53)58-55)48-27-8-3-9-28-48/h1-37H. The van der Waals surface area contributed by atoms with Gasteiger partial charge in [-0.2, -0.15) is 0 Å². The minimum Gasteiger partial charge on any atom is -0.294 e. The fourth-order valence-corrected chi connectivity index (χ4v) is 8.57. The smallest absolute Gasteiger partial charge is 0.162 e. The van der Waals surface area contributed by atoms with E-state index < -0.39 is 0 Å². The molecule has 59 heavy (non-hydrogen) atoms. The predicted octanol–water partition coefficient (Wildman–Crippen LogP) is 14.7. The van der Waals surface area contributed by atoms with Crippen LogP contribution >= 0.6 is 0 Å². The molecule has 0 unspecified atom stereocenters. The number of hydrogen-bond donors (Lipinski definition) is 0. The lowest BCUT2D eigenvalue weighted by atomic mass is 9.90. The summed E-state index contributed by atoms with van der Waals surface area (Å²) >= 11 is 0. The lowest BCUT2D eigenvalue weighted by Crippen LogP contribution is -1.99. The Hall–Kier alpha value is -7.88. The molecule has 11 aromatic rings. The number of fused-ring (bicyclic) bond motifs is 4. The van der Waals surface area contributed by atoms with Gasteiger partial charge >= 0.3 is 0 Å². The summed E-state index contributed by atoms with van der Waals surface area (Å²) in [5, 5.41) is 4.65. The summed E-state index contributed by atoms with van der Waals surface area (Å²) in [5.74, 6) is 0.685. The molecule has 9 aromatic carbocycles. The molecule has 0 bridgehead atoms. The quantitative estimate of drug-likeness (QED) is 0.162. The van der Waals surface area contributed by atoms with Crippen molar-refractivity contribution in [3.63, 3.8) is 0 Å². The van der Waals surface area contributed by atoms with Crippen LogP contribution in [0.2, 0.25) is 0 Å². The number of rotatable bonds is 7. The van der Waals surface area contributed by atoms with Crippen molar-refractivity contribution in [2.75, 3.05) is 0 Å². The lowest BCUT2D eigenvalue weighted by molar-refractivity contribution is 1.11. The van der Waals surface area contributed by atoms with Crippen LogP contribution in [0.15, 0.2) is 224 Å². The molecule has 0 aliphatic rings. The first-order chi connectivity index (χ1) is 29.2. The molecule has 3 nitrogen and oxygen atoms in total. The Morgan fingerprint density at radius 1 is 0.322 bits per heavy atom. The van der Waals surface area contributed by atoms with Crippen LogP contribution in [0.25, 0.3) is 106 Å². The molecule has 0 saturated heterocycles. The molecular weight excluding hydrogens is 715 g/mol. The monoisotopic (exact) mass is 751 g/mol. The average molecular weight is 752 g/mol. The first-order valence-electron chi connectivity index (χ1n) is 20.1. The van der Waals surface area contributed by atoms with Crippen LogP contribution in [0.5, 0.6) is 0 Å². The number of para-hydroxylation sites is 2. The normalized spacial score (nSPS) is 11.4. The van der Waals surface area contributed by atoms with E-state index in [-0.39, 0.29) is 0 Å². The van der Waals surface area contributed by atoms with E-state index in [1.54, 1.807) is 0 Å². The van der Waals surface area contributed by atoms with Crippen molar-refractivity contribution in [2.24, 2.45) is 0 Å². The maximum absolute atomic E-state index is 5.40. The summed E-state index contributed by atoms with van der Waals surface area (Å²) in [5.41, 5.74) is 15.3. The van der Waals surface area contributed by atoms with Gasteiger partial charge in [-0.1, -0.05) is 176 Å². The number of aromatic nitrogens is 3. The summed E-state index contributed by atoms with van der Waals surface area (Å²) in [4.78, 5) is 10.8. The molecule has 0 spiro atoms. The van der Waals surface area contributed by atoms with E-state index in [0.29, 0.717) is 5.82 Å². The minimum atomic E-state index is 0.685. The van der Waals surface area contributed by atoms with Crippen molar-refractivity contribution < 1.29 is 0 Å². The first kappa shape index (κ1) is 34.4. The molecule has 0 radical (unpaired) electrons. The van der Waals surface area contributed by atoms with Gasteiger partial charge in [0, 0.05) is 22.2 Å². The van der Waals surface area contributed by atoms with Crippen LogP contribution in [0, 0.1) is 0 Å². The second kappa shape index (κ2) is 14.6. The van der Waals surface area contributed by atoms with Gasteiger partial charge in [0.05, 0.1) is 16.6 Å². The zero-order valence-electron chi connectivity index (χ0n) is 32.2. The van der Waals surface area contributed by atoms with Gasteiger partial charge in [-0.15, -0.1) is 0 Å². The van der Waals surface area contributed by atoms with Gasteiger partial charge < -0.3 is 0 Å². The zero-order valence-corrected chi connectivity index (χ0v) is 32.2. The minimum absolute atomic E-state index is 0.685. The number of benzene rings is 9. The summed E-state index contributed by atoms with van der Waals surface area (Å²) < 4.78 is 2.27. The highest BCUT2D eigenvalue weighted by molar-refractivity contribution is 6.14. The predicted molar refractivity (Wildman–Crippen MR) is 246 cm³/mol. The van der Waals surface area contributed by atoms with E-state index in [0.717, 1.165) is 61.1 Å². The van der Waals surface area contributed by atoms with Crippen molar-refractivity contribution in [3.05, 3.63) is 224 Å². The molecule has 0 atom stereocenters. The van der Waals surface area contributed by atoms with E-state index in [1.165, 1.54) is 38.6 Å². The second-order valence-corrected chi connectivity index (χ2v) is 15.0. The highest BCUT2D eigenvalue weighted by Gasteiger charge is 2.21. The Labute approximate surface area is 343 Å². The third-order valence-electron chi connectivity index (χ3n) is 11.4. The Bertz CT molecular complexity index is 3310. The molecule has 0 aliphatic heterocycles. The van der Waals surface area contributed by atoms with Gasteiger partial charge in [-0.05, 0) is 104 Å². The molecule has 3 heteroatoms. The molecule has 2 heterocycles. The Morgan fingerprint density at radius 2 is 0.814 bits per heavy atom. The van der Waals surface area contributed by atoms with E-state index in [4.69, 9.17) is 9.97 Å². The van der Waals surface area contributed by atoms with E-state index >= 15 is 0 Å². The molecule has 0 saturated carbocycles. The molecule has 0 fully saturated rings. The molecule has 276 valence electrons. The van der Waals surface area contributed by atoms with Crippen LogP contribution in [0.3, 0.4) is 0 Å². The molecular formula is C56H37N3. The molecule has 0 aliphatic carbocycles. The highest BCUT2D eigenvalue weighted by atomic mass is 15.1. The van der Waals surface area contributed by atoms with Crippen LogP contribution in [-0.4, -0.2) is 14.5 Å². The largest absolute Gasteiger partial charge is 0.294 e. The molecule has 2 aromatic heterocycles. The average Bonchev–Trinajstić information content (AvgIpc) is 3.66. The molecule has 0 amide bonds. The van der Waals surface area contributed by atoms with Crippen LogP contribution < -0.4 is 0 Å². The van der Waals surface area contributed by atoms with E-state index in [1.807, 2.05) is 0 Å². The van der Waals surface area contributed by atoms with E-state index in [2.05, 4.69) is 229 Å². The van der Waals surface area contributed by atoms with Gasteiger partial charge in [0.15, 0.2) is 5.82 Å². The number of nitrogens with zero attached hydrogens (tertiary/aromatic N) is 3. The van der Waals surface area contributed by atoms with Gasteiger partial charge in [-0.3, -0.25) is 4.57 Å². The Balaban J connectivity index is 1.06. The van der Waals surface area contributed by atoms with Crippen molar-refractivity contribution in [1.29, 1.82) is 0 Å². The SMILES string of the molecule is c1ccc(-c2cc(-c3cccc(-c4cccc(-c5nc(-c6ccccc6)c6c7ccccc7n(-c7ccccc7)c6n5)c4)c3)cc(-c3cccc4ccccc34)c2)cc1. The Morgan fingerprint density at radius 3 is 1.56 bits per heavy atom. The summed E-state index contributed by atoms with van der Waals surface area (Å²) in [7, 11) is 0. The first-order valence-corrected chi connectivity index (χ1v) is 20.1. The Kier molecular flexibility index (Phi) is 8.49. The van der Waals surface area contributed by atoms with Crippen LogP contribution in [0.1, 0.15) is 0 Å². The summed E-state index contributed by atoms with van der Waals surface area (Å²) in [6.45, 7) is 0. The van der Waals surface area contributed by atoms with Gasteiger partial charge in [-0.25, -0.2) is 9.97 Å². The lowest BCUT2D eigenvalue weighted by Gasteiger charge is -2.14. The van der Waals surface area contributed by atoms with Gasteiger partial charge in [0.1, 0.15) is 5.65 Å². The zero-order chi connectivity index (χ0) is 39.1. The summed E-state index contributed by atoms with van der Waals surface area (Å²) in [6.07, 6.45) is 0. The number of hydrogen-bond acceptors (Lipinski definition) is 2. The van der Waals surface area contributed by atoms with E-state index in [9.17, 15) is 0 Å². The second-order valence-electron chi connectivity index (χ2n) is 15.0.